The number of thiazole rings is 1. The molecule has 152 valence electrons. The SMILES string of the molecule is CC/C(=C(/c1ccc(/C=C/C(O)O)cc1)c1ccc2[nH]ncc2c1)c1cnc(C)s1. The summed E-state index contributed by atoms with van der Waals surface area (Å²) in [4.78, 5) is 5.64. The van der Waals surface area contributed by atoms with Gasteiger partial charge in [0.2, 0.25) is 0 Å². The minimum absolute atomic E-state index is 0.874. The molecule has 0 saturated heterocycles. The van der Waals surface area contributed by atoms with Crippen LogP contribution in [0.5, 0.6) is 0 Å². The molecule has 0 spiro atoms. The van der Waals surface area contributed by atoms with Gasteiger partial charge in [0.05, 0.1) is 21.6 Å². The van der Waals surface area contributed by atoms with Crippen molar-refractivity contribution in [2.45, 2.75) is 26.6 Å². The van der Waals surface area contributed by atoms with Crippen LogP contribution in [0.3, 0.4) is 0 Å². The van der Waals surface area contributed by atoms with Crippen molar-refractivity contribution in [3.05, 3.63) is 87.5 Å². The van der Waals surface area contributed by atoms with Crippen molar-refractivity contribution in [1.82, 2.24) is 15.2 Å². The molecule has 0 aliphatic rings. The molecule has 4 aromatic rings. The zero-order valence-electron chi connectivity index (χ0n) is 16.8. The highest BCUT2D eigenvalue weighted by Crippen LogP contribution is 2.37. The molecule has 2 heterocycles. The van der Waals surface area contributed by atoms with Gasteiger partial charge in [0.25, 0.3) is 0 Å². The standard InChI is InChI=1S/C24H23N3O2S/c1-3-20(22-14-25-15(2)30-22)24(18-9-10-21-19(12-18)13-26-27-21)17-7-4-16(5-8-17)6-11-23(28)29/h4-14,23,28-29H,3H2,1-2H3,(H,26,27)/b11-6+,24-20+. The molecule has 0 amide bonds. The Bertz CT molecular complexity index is 1220. The largest absolute Gasteiger partial charge is 0.365 e. The maximum absolute atomic E-state index is 9.06. The number of aromatic nitrogens is 3. The smallest absolute Gasteiger partial charge is 0.171 e. The summed E-state index contributed by atoms with van der Waals surface area (Å²) < 4.78 is 0. The average Bonchev–Trinajstić information content (AvgIpc) is 3.39. The van der Waals surface area contributed by atoms with Crippen LogP contribution in [0.25, 0.3) is 28.1 Å². The Labute approximate surface area is 179 Å². The molecule has 0 bridgehead atoms. The highest BCUT2D eigenvalue weighted by Gasteiger charge is 2.15. The number of hydrogen-bond donors (Lipinski definition) is 3. The van der Waals surface area contributed by atoms with Crippen molar-refractivity contribution in [3.8, 4) is 0 Å². The molecule has 30 heavy (non-hydrogen) atoms. The van der Waals surface area contributed by atoms with Gasteiger partial charge in [-0.05, 0) is 59.4 Å². The lowest BCUT2D eigenvalue weighted by atomic mass is 9.90. The maximum atomic E-state index is 9.06. The number of allylic oxidation sites excluding steroid dienone is 1. The number of aliphatic hydroxyl groups is 2. The van der Waals surface area contributed by atoms with Gasteiger partial charge in [-0.1, -0.05) is 43.3 Å². The molecule has 0 fully saturated rings. The topological polar surface area (TPSA) is 82.0 Å². The summed E-state index contributed by atoms with van der Waals surface area (Å²) in [5.74, 6) is 0. The van der Waals surface area contributed by atoms with Gasteiger partial charge in [-0.15, -0.1) is 11.3 Å². The van der Waals surface area contributed by atoms with Gasteiger partial charge in [0, 0.05) is 11.6 Å². The lowest BCUT2D eigenvalue weighted by Crippen LogP contribution is -1.97. The fourth-order valence-corrected chi connectivity index (χ4v) is 4.45. The summed E-state index contributed by atoms with van der Waals surface area (Å²) in [7, 11) is 0. The highest BCUT2D eigenvalue weighted by molar-refractivity contribution is 7.12. The van der Waals surface area contributed by atoms with E-state index in [-0.39, 0.29) is 0 Å². The van der Waals surface area contributed by atoms with Crippen molar-refractivity contribution < 1.29 is 10.2 Å². The summed E-state index contributed by atoms with van der Waals surface area (Å²) in [5, 5.41) is 27.4. The second-order valence-electron chi connectivity index (χ2n) is 7.02. The second kappa shape index (κ2) is 8.75. The van der Waals surface area contributed by atoms with E-state index in [1.54, 1.807) is 17.4 Å². The van der Waals surface area contributed by atoms with E-state index in [2.05, 4.69) is 52.4 Å². The monoisotopic (exact) mass is 417 g/mol. The van der Waals surface area contributed by atoms with Crippen LogP contribution in [0.4, 0.5) is 0 Å². The zero-order valence-corrected chi connectivity index (χ0v) is 17.6. The Balaban J connectivity index is 1.88. The molecule has 0 saturated carbocycles. The molecule has 0 aliphatic heterocycles. The fourth-order valence-electron chi connectivity index (χ4n) is 3.55. The molecular weight excluding hydrogens is 394 g/mol. The third kappa shape index (κ3) is 4.26. The lowest BCUT2D eigenvalue weighted by Gasteiger charge is -2.15. The number of benzene rings is 2. The summed E-state index contributed by atoms with van der Waals surface area (Å²) >= 11 is 1.70. The predicted molar refractivity (Wildman–Crippen MR) is 123 cm³/mol. The first-order valence-corrected chi connectivity index (χ1v) is 10.6. The van der Waals surface area contributed by atoms with E-state index >= 15 is 0 Å². The molecule has 2 aromatic carbocycles. The summed E-state index contributed by atoms with van der Waals surface area (Å²) in [6.45, 7) is 4.19. The number of fused-ring (bicyclic) bond motifs is 1. The van der Waals surface area contributed by atoms with E-state index in [0.717, 1.165) is 39.0 Å². The Morgan fingerprint density at radius 2 is 1.87 bits per heavy atom. The first-order valence-electron chi connectivity index (χ1n) is 9.79. The van der Waals surface area contributed by atoms with E-state index in [1.165, 1.54) is 22.1 Å². The lowest BCUT2D eigenvalue weighted by molar-refractivity contribution is 0.00303. The number of H-pyrrole nitrogens is 1. The van der Waals surface area contributed by atoms with Crippen LogP contribution in [0.1, 0.15) is 39.9 Å². The molecule has 0 radical (unpaired) electrons. The first-order chi connectivity index (χ1) is 14.5. The molecule has 0 atom stereocenters. The summed E-state index contributed by atoms with van der Waals surface area (Å²) in [6.07, 6.45) is 6.25. The number of nitrogens with one attached hydrogen (secondary N) is 1. The molecule has 5 nitrogen and oxygen atoms in total. The van der Waals surface area contributed by atoms with Crippen LogP contribution in [-0.4, -0.2) is 31.7 Å². The van der Waals surface area contributed by atoms with E-state index in [4.69, 9.17) is 10.2 Å². The minimum atomic E-state index is -1.46. The summed E-state index contributed by atoms with van der Waals surface area (Å²) in [5.41, 5.74) is 6.55. The van der Waals surface area contributed by atoms with E-state index in [1.807, 2.05) is 31.5 Å². The van der Waals surface area contributed by atoms with Gasteiger partial charge >= 0.3 is 0 Å². The number of aromatic amines is 1. The number of aliphatic hydroxyl groups excluding tert-OH is 1. The van der Waals surface area contributed by atoms with Crippen molar-refractivity contribution >= 4 is 39.5 Å². The van der Waals surface area contributed by atoms with Gasteiger partial charge in [0.1, 0.15) is 0 Å². The summed E-state index contributed by atoms with van der Waals surface area (Å²) in [6, 6.07) is 14.4. The number of rotatable bonds is 6. The minimum Gasteiger partial charge on any atom is -0.365 e. The van der Waals surface area contributed by atoms with Gasteiger partial charge in [-0.2, -0.15) is 5.10 Å². The fraction of sp³-hybridized carbons (Fsp3) is 0.167. The van der Waals surface area contributed by atoms with Crippen LogP contribution in [0.15, 0.2) is 60.9 Å². The molecule has 4 rings (SSSR count). The van der Waals surface area contributed by atoms with E-state index < -0.39 is 6.29 Å². The number of hydrogen-bond acceptors (Lipinski definition) is 5. The van der Waals surface area contributed by atoms with Crippen LogP contribution in [0.2, 0.25) is 0 Å². The van der Waals surface area contributed by atoms with Gasteiger partial charge < -0.3 is 10.2 Å². The maximum Gasteiger partial charge on any atom is 0.171 e. The van der Waals surface area contributed by atoms with Crippen LogP contribution >= 0.6 is 11.3 Å². The van der Waals surface area contributed by atoms with E-state index in [0.29, 0.717) is 0 Å². The second-order valence-corrected chi connectivity index (χ2v) is 8.25. The van der Waals surface area contributed by atoms with Crippen molar-refractivity contribution in [2.75, 3.05) is 0 Å². The Morgan fingerprint density at radius 1 is 1.10 bits per heavy atom. The Kier molecular flexibility index (Phi) is 5.90. The Morgan fingerprint density at radius 3 is 2.53 bits per heavy atom. The van der Waals surface area contributed by atoms with Crippen LogP contribution < -0.4 is 0 Å². The molecular formula is C24H23N3O2S. The average molecular weight is 418 g/mol. The molecule has 6 heteroatoms. The highest BCUT2D eigenvalue weighted by atomic mass is 32.1. The third-order valence-electron chi connectivity index (χ3n) is 4.96. The molecule has 0 unspecified atom stereocenters. The van der Waals surface area contributed by atoms with Crippen molar-refractivity contribution in [1.29, 1.82) is 0 Å². The number of nitrogens with zero attached hydrogens (tertiary/aromatic N) is 2. The Hall–Kier alpha value is -3.06. The van der Waals surface area contributed by atoms with Crippen molar-refractivity contribution in [2.24, 2.45) is 0 Å². The quantitative estimate of drug-likeness (QED) is 0.385. The first kappa shape index (κ1) is 20.2. The molecule has 2 aromatic heterocycles. The van der Waals surface area contributed by atoms with Crippen LogP contribution in [-0.2, 0) is 0 Å². The van der Waals surface area contributed by atoms with E-state index in [9.17, 15) is 0 Å². The normalized spacial score (nSPS) is 12.8. The van der Waals surface area contributed by atoms with Gasteiger partial charge in [-0.25, -0.2) is 4.98 Å². The molecule has 3 N–H and O–H groups in total. The van der Waals surface area contributed by atoms with Gasteiger partial charge in [-0.3, -0.25) is 5.10 Å². The van der Waals surface area contributed by atoms with Gasteiger partial charge in [0.15, 0.2) is 6.29 Å². The zero-order chi connectivity index (χ0) is 21.1. The van der Waals surface area contributed by atoms with Crippen LogP contribution in [0, 0.1) is 6.92 Å². The number of aryl methyl sites for hydroxylation is 1. The third-order valence-corrected chi connectivity index (χ3v) is 5.94. The van der Waals surface area contributed by atoms with Crippen molar-refractivity contribution in [3.63, 3.8) is 0 Å². The molecule has 0 aliphatic carbocycles. The predicted octanol–water partition coefficient (Wildman–Crippen LogP) is 5.02.